The number of nitrogens with one attached hydrogen (secondary N) is 1. The van der Waals surface area contributed by atoms with E-state index in [0.717, 1.165) is 27.3 Å². The van der Waals surface area contributed by atoms with Crippen molar-refractivity contribution < 1.29 is 0 Å². The Morgan fingerprint density at radius 3 is 3.06 bits per heavy atom. The highest BCUT2D eigenvalue weighted by molar-refractivity contribution is 7.22. The Balaban J connectivity index is 2.28. The summed E-state index contributed by atoms with van der Waals surface area (Å²) in [6, 6.07) is 8.61. The molecule has 0 spiro atoms. The van der Waals surface area contributed by atoms with Crippen molar-refractivity contribution in [1.82, 2.24) is 4.98 Å². The van der Waals surface area contributed by atoms with Crippen LogP contribution in [0.25, 0.3) is 10.2 Å². The van der Waals surface area contributed by atoms with Crippen LogP contribution >= 0.6 is 11.3 Å². The number of nitriles is 1. The van der Waals surface area contributed by atoms with Gasteiger partial charge >= 0.3 is 0 Å². The molecule has 0 amide bonds. The molecule has 1 atom stereocenters. The van der Waals surface area contributed by atoms with Crippen LogP contribution in [0.1, 0.15) is 25.8 Å². The molecule has 2 aromatic rings. The Bertz CT molecular complexity index is 553. The Kier molecular flexibility index (Phi) is 3.60. The van der Waals surface area contributed by atoms with Crippen LogP contribution in [0.5, 0.6) is 0 Å². The number of nitrogens with zero attached hydrogens (tertiary/aromatic N) is 2. The van der Waals surface area contributed by atoms with Gasteiger partial charge in [-0.3, -0.25) is 0 Å². The second kappa shape index (κ2) is 5.15. The van der Waals surface area contributed by atoms with Crippen LogP contribution in [0.2, 0.25) is 0 Å². The molecule has 1 heterocycles. The monoisotopic (exact) mass is 245 g/mol. The molecular formula is C13H15N3S. The summed E-state index contributed by atoms with van der Waals surface area (Å²) < 4.78 is 1.14. The smallest absolute Gasteiger partial charge is 0.183 e. The molecule has 2 rings (SSSR count). The van der Waals surface area contributed by atoms with Crippen LogP contribution in [0.15, 0.2) is 18.2 Å². The minimum Gasteiger partial charge on any atom is -0.359 e. The second-order valence-electron chi connectivity index (χ2n) is 4.11. The first-order valence-corrected chi connectivity index (χ1v) is 6.57. The van der Waals surface area contributed by atoms with E-state index >= 15 is 0 Å². The van der Waals surface area contributed by atoms with Gasteiger partial charge in [-0.15, -0.1) is 0 Å². The minimum atomic E-state index is 0.439. The zero-order valence-electron chi connectivity index (χ0n) is 10.0. The first kappa shape index (κ1) is 11.9. The fraction of sp³-hybridized carbons (Fsp3) is 0.385. The van der Waals surface area contributed by atoms with Crippen molar-refractivity contribution in [2.75, 3.05) is 5.32 Å². The van der Waals surface area contributed by atoms with E-state index in [-0.39, 0.29) is 0 Å². The first-order chi connectivity index (χ1) is 8.22. The molecule has 88 valence electrons. The van der Waals surface area contributed by atoms with Crippen molar-refractivity contribution in [2.24, 2.45) is 0 Å². The van der Waals surface area contributed by atoms with Gasteiger partial charge in [0.1, 0.15) is 0 Å². The number of anilines is 1. The molecular weight excluding hydrogens is 230 g/mol. The Hall–Kier alpha value is -1.60. The van der Waals surface area contributed by atoms with Crippen molar-refractivity contribution in [2.45, 2.75) is 32.7 Å². The van der Waals surface area contributed by atoms with Gasteiger partial charge in [-0.25, -0.2) is 4.98 Å². The summed E-state index contributed by atoms with van der Waals surface area (Å²) in [7, 11) is 0. The van der Waals surface area contributed by atoms with Crippen molar-refractivity contribution in [3.63, 3.8) is 0 Å². The number of benzene rings is 1. The van der Waals surface area contributed by atoms with Crippen LogP contribution in [0.3, 0.4) is 0 Å². The maximum absolute atomic E-state index is 8.67. The third-order valence-corrected chi connectivity index (χ3v) is 3.67. The van der Waals surface area contributed by atoms with E-state index in [1.165, 1.54) is 0 Å². The molecule has 0 saturated heterocycles. The minimum absolute atomic E-state index is 0.439. The van der Waals surface area contributed by atoms with Crippen LogP contribution < -0.4 is 5.32 Å². The molecule has 0 fully saturated rings. The Morgan fingerprint density at radius 2 is 2.35 bits per heavy atom. The number of hydrogen-bond donors (Lipinski definition) is 1. The first-order valence-electron chi connectivity index (χ1n) is 5.76. The predicted octanol–water partition coefficient (Wildman–Crippen LogP) is 3.57. The molecule has 3 nitrogen and oxygen atoms in total. The number of thiazole rings is 1. The summed E-state index contributed by atoms with van der Waals surface area (Å²) in [5, 5.41) is 13.0. The maximum atomic E-state index is 8.67. The van der Waals surface area contributed by atoms with E-state index in [9.17, 15) is 0 Å². The van der Waals surface area contributed by atoms with Crippen LogP contribution in [0.4, 0.5) is 5.13 Å². The van der Waals surface area contributed by atoms with Crippen molar-refractivity contribution in [1.29, 1.82) is 5.26 Å². The standard InChI is InChI=1S/C13H15N3S/c1-3-9(2)15-13-16-11-5-4-10(6-7-14)8-12(11)17-13/h4-5,8-9H,3,6H2,1-2H3,(H,15,16)/t9-/m1/s1. The fourth-order valence-corrected chi connectivity index (χ4v) is 2.59. The zero-order chi connectivity index (χ0) is 12.3. The lowest BCUT2D eigenvalue weighted by molar-refractivity contribution is 0.763. The summed E-state index contributed by atoms with van der Waals surface area (Å²) in [6.45, 7) is 4.29. The van der Waals surface area contributed by atoms with Gasteiger partial charge in [0.15, 0.2) is 5.13 Å². The summed E-state index contributed by atoms with van der Waals surface area (Å²) in [6.07, 6.45) is 1.54. The summed E-state index contributed by atoms with van der Waals surface area (Å²) >= 11 is 1.65. The van der Waals surface area contributed by atoms with Crippen molar-refractivity contribution >= 4 is 26.7 Å². The Labute approximate surface area is 105 Å². The molecule has 0 bridgehead atoms. The molecule has 0 saturated carbocycles. The van der Waals surface area contributed by atoms with Crippen LogP contribution in [-0.2, 0) is 6.42 Å². The number of aromatic nitrogens is 1. The van der Waals surface area contributed by atoms with Gasteiger partial charge in [0.05, 0.1) is 22.7 Å². The molecule has 0 unspecified atom stereocenters. The van der Waals surface area contributed by atoms with E-state index < -0.39 is 0 Å². The average molecular weight is 245 g/mol. The third-order valence-electron chi connectivity index (χ3n) is 2.72. The van der Waals surface area contributed by atoms with Gasteiger partial charge in [0, 0.05) is 6.04 Å². The molecule has 1 N–H and O–H groups in total. The predicted molar refractivity (Wildman–Crippen MR) is 72.3 cm³/mol. The van der Waals surface area contributed by atoms with E-state index in [1.807, 2.05) is 12.1 Å². The second-order valence-corrected chi connectivity index (χ2v) is 5.14. The molecule has 17 heavy (non-hydrogen) atoms. The van der Waals surface area contributed by atoms with Crippen molar-refractivity contribution in [3.05, 3.63) is 23.8 Å². The quantitative estimate of drug-likeness (QED) is 0.895. The Morgan fingerprint density at radius 1 is 1.53 bits per heavy atom. The zero-order valence-corrected chi connectivity index (χ0v) is 10.8. The number of hydrogen-bond acceptors (Lipinski definition) is 4. The van der Waals surface area contributed by atoms with E-state index in [0.29, 0.717) is 12.5 Å². The third kappa shape index (κ3) is 2.75. The molecule has 1 aromatic heterocycles. The summed E-state index contributed by atoms with van der Waals surface area (Å²) in [5.74, 6) is 0. The lowest BCUT2D eigenvalue weighted by Gasteiger charge is -2.08. The largest absolute Gasteiger partial charge is 0.359 e. The van der Waals surface area contributed by atoms with E-state index in [2.05, 4.69) is 36.3 Å². The molecule has 0 radical (unpaired) electrons. The lowest BCUT2D eigenvalue weighted by atomic mass is 10.2. The topological polar surface area (TPSA) is 48.7 Å². The summed E-state index contributed by atoms with van der Waals surface area (Å²) in [4.78, 5) is 4.53. The van der Waals surface area contributed by atoms with Gasteiger partial charge in [0.25, 0.3) is 0 Å². The highest BCUT2D eigenvalue weighted by Gasteiger charge is 2.06. The SMILES string of the molecule is CC[C@@H](C)Nc1nc2ccc(CC#N)cc2s1. The fourth-order valence-electron chi connectivity index (χ4n) is 1.54. The summed E-state index contributed by atoms with van der Waals surface area (Å²) in [5.41, 5.74) is 2.06. The molecule has 0 aliphatic heterocycles. The molecule has 0 aliphatic rings. The van der Waals surface area contributed by atoms with Crippen LogP contribution in [-0.4, -0.2) is 11.0 Å². The lowest BCUT2D eigenvalue weighted by Crippen LogP contribution is -2.12. The van der Waals surface area contributed by atoms with Gasteiger partial charge in [0.2, 0.25) is 0 Å². The molecule has 0 aliphatic carbocycles. The average Bonchev–Trinajstić information content (AvgIpc) is 2.70. The maximum Gasteiger partial charge on any atom is 0.183 e. The van der Waals surface area contributed by atoms with Gasteiger partial charge in [-0.05, 0) is 31.0 Å². The van der Waals surface area contributed by atoms with Crippen LogP contribution in [0, 0.1) is 11.3 Å². The highest BCUT2D eigenvalue weighted by atomic mass is 32.1. The van der Waals surface area contributed by atoms with E-state index in [4.69, 9.17) is 5.26 Å². The highest BCUT2D eigenvalue weighted by Crippen LogP contribution is 2.27. The van der Waals surface area contributed by atoms with E-state index in [1.54, 1.807) is 11.3 Å². The van der Waals surface area contributed by atoms with Gasteiger partial charge < -0.3 is 5.32 Å². The number of fused-ring (bicyclic) bond motifs is 1. The molecule has 4 heteroatoms. The van der Waals surface area contributed by atoms with Gasteiger partial charge in [-0.1, -0.05) is 24.3 Å². The molecule has 1 aromatic carbocycles. The van der Waals surface area contributed by atoms with Crippen molar-refractivity contribution in [3.8, 4) is 6.07 Å². The normalized spacial score (nSPS) is 12.3. The number of rotatable bonds is 4. The van der Waals surface area contributed by atoms with Gasteiger partial charge in [-0.2, -0.15) is 5.26 Å².